The summed E-state index contributed by atoms with van der Waals surface area (Å²) in [7, 11) is 1.35. The fraction of sp³-hybridized carbons (Fsp3) is 0.111. The number of rotatable bonds is 1. The van der Waals surface area contributed by atoms with Crippen LogP contribution in [0.1, 0.15) is 9.67 Å². The van der Waals surface area contributed by atoms with E-state index >= 15 is 0 Å². The minimum Gasteiger partial charge on any atom is -0.465 e. The van der Waals surface area contributed by atoms with Gasteiger partial charge in [0.05, 0.1) is 11.8 Å². The van der Waals surface area contributed by atoms with Gasteiger partial charge >= 0.3 is 5.97 Å². The van der Waals surface area contributed by atoms with Crippen molar-refractivity contribution in [3.05, 3.63) is 28.4 Å². The molecule has 0 saturated heterocycles. The minimum absolute atomic E-state index is 0.345. The van der Waals surface area contributed by atoms with Gasteiger partial charge in [0.2, 0.25) is 0 Å². The molecule has 0 aliphatic carbocycles. The largest absolute Gasteiger partial charge is 0.465 e. The fourth-order valence-electron chi connectivity index (χ4n) is 1.13. The Balaban J connectivity index is 2.62. The average molecular weight is 228 g/mol. The summed E-state index contributed by atoms with van der Waals surface area (Å²) >= 11 is 7.15. The molecule has 0 N–H and O–H groups in total. The predicted octanol–water partition coefficient (Wildman–Crippen LogP) is 2.74. The highest BCUT2D eigenvalue weighted by Gasteiger charge is 2.11. The molecular formula is C9H6ClNO2S. The van der Waals surface area contributed by atoms with Crippen molar-refractivity contribution in [1.82, 2.24) is 4.98 Å². The van der Waals surface area contributed by atoms with Crippen molar-refractivity contribution < 1.29 is 9.53 Å². The number of hydrogen-bond acceptors (Lipinski definition) is 4. The van der Waals surface area contributed by atoms with Crippen LogP contribution in [-0.4, -0.2) is 18.1 Å². The molecule has 0 amide bonds. The maximum atomic E-state index is 11.2. The van der Waals surface area contributed by atoms with Crippen LogP contribution in [0.5, 0.6) is 0 Å². The molecule has 0 aromatic carbocycles. The number of hydrogen-bond donors (Lipinski definition) is 0. The van der Waals surface area contributed by atoms with Crippen LogP contribution in [0.2, 0.25) is 5.15 Å². The number of methoxy groups -OCH3 is 1. The smallest absolute Gasteiger partial charge is 0.348 e. The number of ether oxygens (including phenoxy) is 1. The first-order chi connectivity index (χ1) is 6.72. The number of esters is 1. The van der Waals surface area contributed by atoms with Gasteiger partial charge in [-0.1, -0.05) is 11.6 Å². The quantitative estimate of drug-likeness (QED) is 0.556. The number of aromatic nitrogens is 1. The zero-order valence-electron chi connectivity index (χ0n) is 7.28. The first-order valence-electron chi connectivity index (χ1n) is 3.84. The minimum atomic E-state index is -0.345. The molecule has 2 rings (SSSR count). The summed E-state index contributed by atoms with van der Waals surface area (Å²) < 4.78 is 5.43. The van der Waals surface area contributed by atoms with Gasteiger partial charge in [0.25, 0.3) is 0 Å². The normalized spacial score (nSPS) is 10.4. The average Bonchev–Trinajstić information content (AvgIpc) is 2.62. The van der Waals surface area contributed by atoms with E-state index in [2.05, 4.69) is 9.72 Å². The monoisotopic (exact) mass is 227 g/mol. The number of nitrogens with zero attached hydrogens (tertiary/aromatic N) is 1. The van der Waals surface area contributed by atoms with E-state index < -0.39 is 0 Å². The first kappa shape index (κ1) is 9.43. The van der Waals surface area contributed by atoms with E-state index in [1.165, 1.54) is 18.4 Å². The molecule has 2 aromatic heterocycles. The highest BCUT2D eigenvalue weighted by atomic mass is 35.5. The van der Waals surface area contributed by atoms with Gasteiger partial charge in [0.15, 0.2) is 0 Å². The molecule has 14 heavy (non-hydrogen) atoms. The molecule has 0 spiro atoms. The molecular weight excluding hydrogens is 222 g/mol. The number of pyridine rings is 1. The van der Waals surface area contributed by atoms with Crippen LogP contribution in [0.4, 0.5) is 0 Å². The van der Waals surface area contributed by atoms with E-state index in [1.54, 1.807) is 12.3 Å². The molecule has 5 heteroatoms. The number of carbonyl (C=O) groups is 1. The Labute approximate surface area is 89.3 Å². The van der Waals surface area contributed by atoms with Crippen molar-refractivity contribution in [1.29, 1.82) is 0 Å². The van der Waals surface area contributed by atoms with Crippen LogP contribution in [0, 0.1) is 0 Å². The highest BCUT2D eigenvalue weighted by molar-refractivity contribution is 7.21. The lowest BCUT2D eigenvalue weighted by molar-refractivity contribution is 0.0606. The van der Waals surface area contributed by atoms with Crippen LogP contribution in [-0.2, 0) is 4.74 Å². The van der Waals surface area contributed by atoms with Crippen molar-refractivity contribution in [2.75, 3.05) is 7.11 Å². The third kappa shape index (κ3) is 1.47. The SMILES string of the molecule is COC(=O)c1cc2ccnc(Cl)c2s1. The lowest BCUT2D eigenvalue weighted by Crippen LogP contribution is -1.96. The van der Waals surface area contributed by atoms with Gasteiger partial charge in [-0.25, -0.2) is 9.78 Å². The first-order valence-corrected chi connectivity index (χ1v) is 5.04. The number of carbonyl (C=O) groups excluding carboxylic acids is 1. The molecule has 3 nitrogen and oxygen atoms in total. The summed E-state index contributed by atoms with van der Waals surface area (Å²) in [5.41, 5.74) is 0. The molecule has 0 bridgehead atoms. The number of fused-ring (bicyclic) bond motifs is 1. The second kappa shape index (κ2) is 3.55. The van der Waals surface area contributed by atoms with Crippen LogP contribution in [0.3, 0.4) is 0 Å². The Morgan fingerprint density at radius 3 is 3.07 bits per heavy atom. The summed E-state index contributed by atoms with van der Waals surface area (Å²) in [5, 5.41) is 1.33. The zero-order chi connectivity index (χ0) is 10.1. The van der Waals surface area contributed by atoms with Crippen molar-refractivity contribution in [2.45, 2.75) is 0 Å². The summed E-state index contributed by atoms with van der Waals surface area (Å²) in [6, 6.07) is 3.56. The summed E-state index contributed by atoms with van der Waals surface area (Å²) in [6.07, 6.45) is 1.61. The molecule has 0 radical (unpaired) electrons. The van der Waals surface area contributed by atoms with Gasteiger partial charge in [0, 0.05) is 6.20 Å². The van der Waals surface area contributed by atoms with Crippen LogP contribution < -0.4 is 0 Å². The van der Waals surface area contributed by atoms with Crippen LogP contribution in [0.25, 0.3) is 10.1 Å². The summed E-state index contributed by atoms with van der Waals surface area (Å²) in [5.74, 6) is -0.345. The maximum Gasteiger partial charge on any atom is 0.348 e. The number of halogens is 1. The fourth-order valence-corrected chi connectivity index (χ4v) is 2.37. The zero-order valence-corrected chi connectivity index (χ0v) is 8.85. The third-order valence-electron chi connectivity index (χ3n) is 1.78. The number of thiophene rings is 1. The standard InChI is InChI=1S/C9H6ClNO2S/c1-13-9(12)6-4-5-2-3-11-8(10)7(5)14-6/h2-4H,1H3. The van der Waals surface area contributed by atoms with E-state index in [0.717, 1.165) is 10.1 Å². The molecule has 0 unspecified atom stereocenters. The topological polar surface area (TPSA) is 39.2 Å². The molecule has 0 atom stereocenters. The Bertz CT molecular complexity index is 495. The molecule has 0 aliphatic heterocycles. The van der Waals surface area contributed by atoms with Crippen molar-refractivity contribution in [3.63, 3.8) is 0 Å². The van der Waals surface area contributed by atoms with Crippen molar-refractivity contribution >= 4 is 39.0 Å². The van der Waals surface area contributed by atoms with Crippen molar-refractivity contribution in [3.8, 4) is 0 Å². The van der Waals surface area contributed by atoms with E-state index in [-0.39, 0.29) is 5.97 Å². The summed E-state index contributed by atoms with van der Waals surface area (Å²) in [6.45, 7) is 0. The third-order valence-corrected chi connectivity index (χ3v) is 3.31. The predicted molar refractivity (Wildman–Crippen MR) is 56.0 cm³/mol. The van der Waals surface area contributed by atoms with E-state index in [1.807, 2.05) is 6.07 Å². The molecule has 2 heterocycles. The van der Waals surface area contributed by atoms with E-state index in [4.69, 9.17) is 11.6 Å². The Kier molecular flexibility index (Phi) is 2.39. The van der Waals surface area contributed by atoms with E-state index in [0.29, 0.717) is 10.0 Å². The summed E-state index contributed by atoms with van der Waals surface area (Å²) in [4.78, 5) is 15.7. The Morgan fingerprint density at radius 2 is 2.43 bits per heavy atom. The van der Waals surface area contributed by atoms with E-state index in [9.17, 15) is 4.79 Å². The lowest BCUT2D eigenvalue weighted by atomic mass is 10.3. The van der Waals surface area contributed by atoms with Crippen LogP contribution in [0.15, 0.2) is 18.3 Å². The van der Waals surface area contributed by atoms with Gasteiger partial charge in [-0.15, -0.1) is 11.3 Å². The molecule has 0 fully saturated rings. The molecule has 72 valence electrons. The van der Waals surface area contributed by atoms with Gasteiger partial charge in [-0.3, -0.25) is 0 Å². The van der Waals surface area contributed by atoms with Crippen LogP contribution >= 0.6 is 22.9 Å². The maximum absolute atomic E-state index is 11.2. The van der Waals surface area contributed by atoms with Gasteiger partial charge in [-0.05, 0) is 17.5 Å². The molecule has 0 aliphatic rings. The van der Waals surface area contributed by atoms with Gasteiger partial charge < -0.3 is 4.74 Å². The highest BCUT2D eigenvalue weighted by Crippen LogP contribution is 2.30. The Hall–Kier alpha value is -1.13. The van der Waals surface area contributed by atoms with Crippen molar-refractivity contribution in [2.24, 2.45) is 0 Å². The second-order valence-corrected chi connectivity index (χ2v) is 4.03. The molecule has 0 saturated carbocycles. The van der Waals surface area contributed by atoms with Gasteiger partial charge in [0.1, 0.15) is 10.0 Å². The Morgan fingerprint density at radius 1 is 1.64 bits per heavy atom. The van der Waals surface area contributed by atoms with Gasteiger partial charge in [-0.2, -0.15) is 0 Å². The molecule has 2 aromatic rings. The second-order valence-electron chi connectivity index (χ2n) is 2.62. The lowest BCUT2D eigenvalue weighted by Gasteiger charge is -1.90.